The van der Waals surface area contributed by atoms with Gasteiger partial charge < -0.3 is 14.4 Å². The quantitative estimate of drug-likeness (QED) is 0.897. The monoisotopic (exact) mass is 266 g/mol. The van der Waals surface area contributed by atoms with Crippen molar-refractivity contribution in [2.24, 2.45) is 11.8 Å². The van der Waals surface area contributed by atoms with Gasteiger partial charge in [0.25, 0.3) is 0 Å². The number of aliphatic carboxylic acids is 1. The first kappa shape index (κ1) is 12.6. The predicted molar refractivity (Wildman–Crippen MR) is 64.7 cm³/mol. The molecule has 104 valence electrons. The summed E-state index contributed by atoms with van der Waals surface area (Å²) in [7, 11) is 0. The molecule has 2 fully saturated rings. The third-order valence-corrected chi connectivity index (χ3v) is 4.18. The van der Waals surface area contributed by atoms with E-state index in [1.165, 1.54) is 0 Å². The molecule has 19 heavy (non-hydrogen) atoms. The topological polar surface area (TPSA) is 85.5 Å². The van der Waals surface area contributed by atoms with E-state index < -0.39 is 11.9 Å². The minimum Gasteiger partial charge on any atom is -0.481 e. The summed E-state index contributed by atoms with van der Waals surface area (Å²) in [5.74, 6) is 0.420. The molecule has 1 saturated carbocycles. The van der Waals surface area contributed by atoms with Crippen LogP contribution < -0.4 is 0 Å². The Hall–Kier alpha value is -1.43. The molecule has 0 radical (unpaired) electrons. The van der Waals surface area contributed by atoms with Crippen molar-refractivity contribution in [3.8, 4) is 0 Å². The smallest absolute Gasteiger partial charge is 0.307 e. The molecule has 6 heteroatoms. The number of hydrogen-bond donors (Lipinski definition) is 1. The van der Waals surface area contributed by atoms with E-state index >= 15 is 0 Å². The molecule has 1 aromatic rings. The van der Waals surface area contributed by atoms with Crippen LogP contribution in [0.5, 0.6) is 0 Å². The van der Waals surface area contributed by atoms with Crippen molar-refractivity contribution in [2.45, 2.75) is 38.0 Å². The summed E-state index contributed by atoms with van der Waals surface area (Å²) in [5, 5.41) is 13.3. The van der Waals surface area contributed by atoms with Crippen molar-refractivity contribution >= 4 is 5.97 Å². The first-order chi connectivity index (χ1) is 9.15. The van der Waals surface area contributed by atoms with Gasteiger partial charge in [0.15, 0.2) is 5.82 Å². The Balaban J connectivity index is 1.79. The van der Waals surface area contributed by atoms with Gasteiger partial charge in [0.05, 0.1) is 18.4 Å². The zero-order valence-corrected chi connectivity index (χ0v) is 10.9. The molecule has 1 aliphatic carbocycles. The molecule has 1 N–H and O–H groups in total. The van der Waals surface area contributed by atoms with Gasteiger partial charge >= 0.3 is 5.97 Å². The van der Waals surface area contributed by atoms with Crippen LogP contribution in [-0.4, -0.2) is 34.4 Å². The normalized spacial score (nSPS) is 34.8. The lowest BCUT2D eigenvalue weighted by atomic mass is 9.96. The Morgan fingerprint density at radius 3 is 2.95 bits per heavy atom. The van der Waals surface area contributed by atoms with Crippen LogP contribution in [0.1, 0.15) is 49.7 Å². The van der Waals surface area contributed by atoms with Gasteiger partial charge in [0.1, 0.15) is 0 Å². The number of carboxylic acid groups (broad SMARTS) is 1. The molecule has 1 aliphatic heterocycles. The van der Waals surface area contributed by atoms with E-state index in [4.69, 9.17) is 9.26 Å². The first-order valence-corrected chi connectivity index (χ1v) is 6.79. The minimum atomic E-state index is -0.765. The highest BCUT2D eigenvalue weighted by atomic mass is 16.5. The number of carboxylic acids is 1. The molecule has 2 aliphatic rings. The zero-order chi connectivity index (χ0) is 13.4. The zero-order valence-electron chi connectivity index (χ0n) is 10.9. The number of aromatic nitrogens is 2. The van der Waals surface area contributed by atoms with Gasteiger partial charge in [-0.05, 0) is 25.2 Å². The molecule has 0 aromatic carbocycles. The lowest BCUT2D eigenvalue weighted by Gasteiger charge is -2.10. The van der Waals surface area contributed by atoms with E-state index in [0.717, 1.165) is 19.4 Å². The van der Waals surface area contributed by atoms with Crippen molar-refractivity contribution in [1.29, 1.82) is 0 Å². The van der Waals surface area contributed by atoms with E-state index in [2.05, 4.69) is 17.1 Å². The fourth-order valence-corrected chi connectivity index (χ4v) is 3.14. The molecule has 3 rings (SSSR count). The Labute approximate surface area is 111 Å². The van der Waals surface area contributed by atoms with Crippen LogP contribution in [-0.2, 0) is 9.53 Å². The Bertz CT molecular complexity index is 467. The van der Waals surface area contributed by atoms with Crippen LogP contribution in [0.3, 0.4) is 0 Å². The van der Waals surface area contributed by atoms with Crippen LogP contribution in [0.2, 0.25) is 0 Å². The van der Waals surface area contributed by atoms with Gasteiger partial charge in [-0.2, -0.15) is 4.98 Å². The number of hydrogen-bond acceptors (Lipinski definition) is 5. The second kappa shape index (κ2) is 4.92. The lowest BCUT2D eigenvalue weighted by molar-refractivity contribution is -0.142. The molecule has 4 atom stereocenters. The van der Waals surface area contributed by atoms with Crippen molar-refractivity contribution in [3.63, 3.8) is 0 Å². The third kappa shape index (κ3) is 2.36. The van der Waals surface area contributed by atoms with Crippen molar-refractivity contribution in [1.82, 2.24) is 10.1 Å². The van der Waals surface area contributed by atoms with Crippen molar-refractivity contribution in [2.75, 3.05) is 13.2 Å². The maximum Gasteiger partial charge on any atom is 0.307 e. The molecular weight excluding hydrogens is 248 g/mol. The van der Waals surface area contributed by atoms with Gasteiger partial charge in [0.2, 0.25) is 5.89 Å². The second-order valence-corrected chi connectivity index (χ2v) is 5.68. The molecule has 2 heterocycles. The maximum absolute atomic E-state index is 11.3. The van der Waals surface area contributed by atoms with Crippen LogP contribution in [0, 0.1) is 11.8 Å². The molecule has 1 saturated heterocycles. The number of ether oxygens (including phenoxy) is 1. The average Bonchev–Trinajstić information content (AvgIpc) is 3.07. The predicted octanol–water partition coefficient (Wildman–Crippen LogP) is 1.79. The van der Waals surface area contributed by atoms with Crippen LogP contribution in [0.15, 0.2) is 4.52 Å². The van der Waals surface area contributed by atoms with Gasteiger partial charge in [-0.25, -0.2) is 0 Å². The largest absolute Gasteiger partial charge is 0.481 e. The molecule has 4 unspecified atom stereocenters. The standard InChI is InChI=1S/C13H18N2O4/c1-7-4-9(10(5-7)13(16)17)12-14-11(15-19-12)8-2-3-18-6-8/h7-10H,2-6H2,1H3,(H,16,17). The highest BCUT2D eigenvalue weighted by Crippen LogP contribution is 2.42. The van der Waals surface area contributed by atoms with E-state index in [9.17, 15) is 9.90 Å². The van der Waals surface area contributed by atoms with Gasteiger partial charge in [-0.15, -0.1) is 0 Å². The summed E-state index contributed by atoms with van der Waals surface area (Å²) in [6.45, 7) is 3.42. The third-order valence-electron chi connectivity index (χ3n) is 4.18. The van der Waals surface area contributed by atoms with Crippen molar-refractivity contribution in [3.05, 3.63) is 11.7 Å². The molecular formula is C13H18N2O4. The minimum absolute atomic E-state index is 0.143. The number of carbonyl (C=O) groups is 1. The van der Waals surface area contributed by atoms with Gasteiger partial charge in [-0.1, -0.05) is 12.1 Å². The maximum atomic E-state index is 11.3. The Morgan fingerprint density at radius 2 is 2.26 bits per heavy atom. The van der Waals surface area contributed by atoms with Gasteiger partial charge in [0, 0.05) is 12.5 Å². The lowest BCUT2D eigenvalue weighted by Crippen LogP contribution is -2.17. The summed E-state index contributed by atoms with van der Waals surface area (Å²) in [4.78, 5) is 15.7. The SMILES string of the molecule is CC1CC(C(=O)O)C(c2nc(C3CCOC3)no2)C1. The fourth-order valence-electron chi connectivity index (χ4n) is 3.14. The molecule has 0 bridgehead atoms. The summed E-state index contributed by atoms with van der Waals surface area (Å²) < 4.78 is 10.6. The Morgan fingerprint density at radius 1 is 1.42 bits per heavy atom. The van der Waals surface area contributed by atoms with Crippen LogP contribution in [0.4, 0.5) is 0 Å². The Kier molecular flexibility index (Phi) is 3.26. The van der Waals surface area contributed by atoms with Gasteiger partial charge in [-0.3, -0.25) is 4.79 Å². The second-order valence-electron chi connectivity index (χ2n) is 5.68. The summed E-state index contributed by atoms with van der Waals surface area (Å²) >= 11 is 0. The van der Waals surface area contributed by atoms with E-state index in [0.29, 0.717) is 30.7 Å². The van der Waals surface area contributed by atoms with E-state index in [-0.39, 0.29) is 11.8 Å². The van der Waals surface area contributed by atoms with Crippen molar-refractivity contribution < 1.29 is 19.2 Å². The molecule has 6 nitrogen and oxygen atoms in total. The fraction of sp³-hybridized carbons (Fsp3) is 0.769. The molecule has 0 spiro atoms. The highest BCUT2D eigenvalue weighted by molar-refractivity contribution is 5.71. The van der Waals surface area contributed by atoms with Crippen LogP contribution >= 0.6 is 0 Å². The summed E-state index contributed by atoms with van der Waals surface area (Å²) in [6, 6.07) is 0. The van der Waals surface area contributed by atoms with Crippen LogP contribution in [0.25, 0.3) is 0 Å². The summed E-state index contributed by atoms with van der Waals surface area (Å²) in [6.07, 6.45) is 2.40. The first-order valence-electron chi connectivity index (χ1n) is 6.79. The highest BCUT2D eigenvalue weighted by Gasteiger charge is 2.41. The van der Waals surface area contributed by atoms with E-state index in [1.54, 1.807) is 0 Å². The van der Waals surface area contributed by atoms with E-state index in [1.807, 2.05) is 0 Å². The summed E-state index contributed by atoms with van der Waals surface area (Å²) in [5.41, 5.74) is 0. The average molecular weight is 266 g/mol. The molecule has 0 amide bonds. The molecule has 1 aromatic heterocycles. The number of rotatable bonds is 3. The number of nitrogens with zero attached hydrogens (tertiary/aromatic N) is 2.